The zero-order chi connectivity index (χ0) is 41.7. The zero-order valence-electron chi connectivity index (χ0n) is 32.7. The molecule has 4 aromatic rings. The molecule has 0 atom stereocenters. The third-order valence-corrected chi connectivity index (χ3v) is 9.24. The van der Waals surface area contributed by atoms with Crippen LogP contribution in [0.15, 0.2) is 99.8 Å². The van der Waals surface area contributed by atoms with E-state index < -0.39 is 11.9 Å². The van der Waals surface area contributed by atoms with E-state index in [1.165, 1.54) is 33.4 Å². The first-order valence-corrected chi connectivity index (χ1v) is 19.2. The minimum Gasteiger partial charge on any atom is -0.493 e. The van der Waals surface area contributed by atoms with Gasteiger partial charge in [-0.1, -0.05) is 56.4 Å². The van der Waals surface area contributed by atoms with Gasteiger partial charge in [-0.2, -0.15) is 0 Å². The molecule has 0 heterocycles. The molecule has 0 fully saturated rings. The molecule has 0 aliphatic rings. The Labute approximate surface area is 387 Å². The second-order valence-corrected chi connectivity index (χ2v) is 13.0. The van der Waals surface area contributed by atoms with Gasteiger partial charge >= 0.3 is 41.5 Å². The number of nitrogens with zero attached hydrogens (tertiary/aromatic N) is 6. The number of carbonyl (C=O) groups is 2. The van der Waals surface area contributed by atoms with Gasteiger partial charge in [-0.25, -0.2) is 9.59 Å². The molecule has 0 aliphatic carbocycles. The molecule has 0 spiro atoms. The molecular formula is C40H50ClN6NaO10S2. The van der Waals surface area contributed by atoms with Crippen molar-refractivity contribution < 1.29 is 77.0 Å². The molecule has 0 saturated carbocycles. The Morgan fingerprint density at radius 1 is 0.617 bits per heavy atom. The SMILES string of the molecule is C.C.COCOc1ccc(OCCCl)c(CSc2ccccc2)c1C(=O)OC.COCOc1ccc(OCCN=[N+]=[N-])c(CSc2ccccc2)c1C(=O)OC.[N-]=[N+]=[N-].[Na+]. The molecule has 320 valence electrons. The number of methoxy groups -OCH3 is 4. The summed E-state index contributed by atoms with van der Waals surface area (Å²) in [5.41, 5.74) is 23.9. The number of alkyl halides is 1. The van der Waals surface area contributed by atoms with Crippen LogP contribution in [0.2, 0.25) is 0 Å². The van der Waals surface area contributed by atoms with Crippen LogP contribution in [0.25, 0.3) is 26.4 Å². The van der Waals surface area contributed by atoms with E-state index in [1.54, 1.807) is 47.8 Å². The number of ether oxygens (including phenoxy) is 8. The fraction of sp³-hybridized carbons (Fsp3) is 0.350. The Morgan fingerprint density at radius 2 is 1.00 bits per heavy atom. The predicted octanol–water partition coefficient (Wildman–Crippen LogP) is 7.95. The van der Waals surface area contributed by atoms with Crippen molar-refractivity contribution >= 4 is 47.1 Å². The van der Waals surface area contributed by atoms with Gasteiger partial charge in [0, 0.05) is 51.6 Å². The zero-order valence-corrected chi connectivity index (χ0v) is 37.1. The van der Waals surface area contributed by atoms with E-state index >= 15 is 0 Å². The van der Waals surface area contributed by atoms with Crippen molar-refractivity contribution in [3.05, 3.63) is 134 Å². The van der Waals surface area contributed by atoms with Crippen molar-refractivity contribution in [3.63, 3.8) is 0 Å². The predicted molar refractivity (Wildman–Crippen MR) is 232 cm³/mol. The second-order valence-electron chi connectivity index (χ2n) is 10.5. The molecule has 0 unspecified atom stereocenters. The number of hydrogen-bond donors (Lipinski definition) is 0. The van der Waals surface area contributed by atoms with E-state index in [2.05, 4.69) is 10.0 Å². The average Bonchev–Trinajstić information content (AvgIpc) is 3.25. The first kappa shape index (κ1) is 57.6. The number of halogens is 1. The Morgan fingerprint density at radius 3 is 1.35 bits per heavy atom. The Balaban J connectivity index is 0. The van der Waals surface area contributed by atoms with E-state index in [1.807, 2.05) is 60.7 Å². The first-order valence-electron chi connectivity index (χ1n) is 16.7. The molecule has 0 aromatic heterocycles. The molecule has 4 aromatic carbocycles. The third kappa shape index (κ3) is 20.2. The van der Waals surface area contributed by atoms with Crippen LogP contribution in [-0.4, -0.2) is 79.6 Å². The number of hydrogen-bond acceptors (Lipinski definition) is 13. The molecule has 0 aliphatic heterocycles. The fourth-order valence-electron chi connectivity index (χ4n) is 4.64. The average molecular weight is 897 g/mol. The Bertz CT molecular complexity index is 1910. The summed E-state index contributed by atoms with van der Waals surface area (Å²) in [5, 5.41) is 3.46. The summed E-state index contributed by atoms with van der Waals surface area (Å²) in [6, 6.07) is 26.5. The molecule has 16 nitrogen and oxygen atoms in total. The normalized spacial score (nSPS) is 9.35. The number of thioether (sulfide) groups is 2. The van der Waals surface area contributed by atoms with Crippen LogP contribution < -0.4 is 48.5 Å². The largest absolute Gasteiger partial charge is 1.00 e. The summed E-state index contributed by atoms with van der Waals surface area (Å²) in [7, 11) is 5.66. The van der Waals surface area contributed by atoms with E-state index in [9.17, 15) is 9.59 Å². The first-order chi connectivity index (χ1) is 27.8. The van der Waals surface area contributed by atoms with Gasteiger partial charge in [-0.05, 0) is 54.1 Å². The van der Waals surface area contributed by atoms with Gasteiger partial charge in [0.1, 0.15) is 40.7 Å². The third-order valence-electron chi connectivity index (χ3n) is 7.01. The summed E-state index contributed by atoms with van der Waals surface area (Å²) in [6.07, 6.45) is 0. The second kappa shape index (κ2) is 35.3. The maximum Gasteiger partial charge on any atom is 1.00 e. The molecular weight excluding hydrogens is 847 g/mol. The van der Waals surface area contributed by atoms with Gasteiger partial charge < -0.3 is 49.0 Å². The summed E-state index contributed by atoms with van der Waals surface area (Å²) in [4.78, 5) is 31.2. The molecule has 0 amide bonds. The van der Waals surface area contributed by atoms with Crippen LogP contribution >= 0.6 is 35.1 Å². The van der Waals surface area contributed by atoms with Crippen LogP contribution in [0.3, 0.4) is 0 Å². The topological polar surface area (TPSA) is 215 Å². The fourth-order valence-corrected chi connectivity index (χ4v) is 6.61. The van der Waals surface area contributed by atoms with E-state index in [4.69, 9.17) is 66.1 Å². The number of rotatable bonds is 21. The summed E-state index contributed by atoms with van der Waals surface area (Å²) < 4.78 is 42.4. The van der Waals surface area contributed by atoms with Crippen LogP contribution in [0.4, 0.5) is 0 Å². The molecule has 4 rings (SSSR count). The molecule has 0 saturated heterocycles. The van der Waals surface area contributed by atoms with Crippen LogP contribution in [0.5, 0.6) is 23.0 Å². The van der Waals surface area contributed by atoms with Crippen molar-refractivity contribution in [1.29, 1.82) is 0 Å². The monoisotopic (exact) mass is 896 g/mol. The minimum atomic E-state index is -0.532. The molecule has 20 heteroatoms. The number of benzene rings is 4. The van der Waals surface area contributed by atoms with Crippen molar-refractivity contribution in [2.24, 2.45) is 5.11 Å². The van der Waals surface area contributed by atoms with Crippen LogP contribution in [-0.2, 0) is 30.5 Å². The number of azide groups is 1. The van der Waals surface area contributed by atoms with Crippen molar-refractivity contribution in [2.45, 2.75) is 36.1 Å². The summed E-state index contributed by atoms with van der Waals surface area (Å²) >= 11 is 8.88. The minimum absolute atomic E-state index is 0. The van der Waals surface area contributed by atoms with Gasteiger partial charge in [-0.3, -0.25) is 4.91 Å². The van der Waals surface area contributed by atoms with E-state index in [0.29, 0.717) is 63.7 Å². The van der Waals surface area contributed by atoms with Crippen molar-refractivity contribution in [2.75, 3.05) is 67.7 Å². The van der Waals surface area contributed by atoms with Crippen LogP contribution in [0.1, 0.15) is 46.7 Å². The quantitative estimate of drug-likeness (QED) is 0.00897. The summed E-state index contributed by atoms with van der Waals surface area (Å²) in [6.45, 7) is 0.718. The van der Waals surface area contributed by atoms with Gasteiger partial charge in [0.25, 0.3) is 0 Å². The van der Waals surface area contributed by atoms with Crippen molar-refractivity contribution in [3.8, 4) is 23.0 Å². The molecule has 0 bridgehead atoms. The van der Waals surface area contributed by atoms with Crippen LogP contribution in [0, 0.1) is 0 Å². The maximum absolute atomic E-state index is 12.5. The van der Waals surface area contributed by atoms with Gasteiger partial charge in [0.05, 0.1) is 33.3 Å². The van der Waals surface area contributed by atoms with Gasteiger partial charge in [-0.15, -0.1) is 35.1 Å². The maximum atomic E-state index is 12.5. The van der Waals surface area contributed by atoms with E-state index in [0.717, 1.165) is 9.79 Å². The Hall–Kier alpha value is -4.45. The molecule has 0 radical (unpaired) electrons. The number of carbonyl (C=O) groups excluding carboxylic acids is 2. The molecule has 60 heavy (non-hydrogen) atoms. The Kier molecular flexibility index (Phi) is 33.9. The van der Waals surface area contributed by atoms with Gasteiger partial charge in [0.2, 0.25) is 0 Å². The standard InChI is InChI=1S/C19H21ClO5S.C19H21N3O5S.2CH4.N3.Na/c1-22-13-25-17-9-8-16(24-11-10-20)15(18(17)19(21)23-2)12-26-14-6-4-3-5-7-14;1-24-13-27-17-9-8-16(26-11-10-21-22-20)15(18(17)19(23)25-2)12-28-14-6-4-3-5-7-14;;;1-3-2;/h3-9H,10-13H2,1-2H3;3-9H,10-13H2,1-2H3;2*1H4;;/q;;;;-1;+1. The van der Waals surface area contributed by atoms with E-state index in [-0.39, 0.29) is 76.7 Å². The van der Waals surface area contributed by atoms with Crippen molar-refractivity contribution in [1.82, 2.24) is 0 Å². The smallest absolute Gasteiger partial charge is 0.493 e. The summed E-state index contributed by atoms with van der Waals surface area (Å²) in [5.74, 6) is 2.11. The van der Waals surface area contributed by atoms with Gasteiger partial charge in [0.15, 0.2) is 13.6 Å². The number of esters is 2. The molecule has 0 N–H and O–H groups in total.